The molecule has 1 fully saturated rings. The van der Waals surface area contributed by atoms with E-state index < -0.39 is 44.0 Å². The Bertz CT molecular complexity index is 2020. The summed E-state index contributed by atoms with van der Waals surface area (Å²) in [5.74, 6) is -0.905. The van der Waals surface area contributed by atoms with Gasteiger partial charge in [-0.3, -0.25) is 24.0 Å². The zero-order chi connectivity index (χ0) is 37.4. The van der Waals surface area contributed by atoms with Crippen molar-refractivity contribution in [2.24, 2.45) is 0 Å². The average Bonchev–Trinajstić information content (AvgIpc) is 3.12. The number of sulfonamides is 1. The predicted molar refractivity (Wildman–Crippen MR) is 201 cm³/mol. The Hall–Kier alpha value is -4.94. The van der Waals surface area contributed by atoms with Crippen LogP contribution in [0.15, 0.2) is 95.9 Å². The summed E-state index contributed by atoms with van der Waals surface area (Å²) in [7, 11) is -3.32. The summed E-state index contributed by atoms with van der Waals surface area (Å²) in [6.45, 7) is 2.67. The van der Waals surface area contributed by atoms with E-state index in [-0.39, 0.29) is 46.9 Å². The van der Waals surface area contributed by atoms with Gasteiger partial charge < -0.3 is 15.0 Å². The highest BCUT2D eigenvalue weighted by atomic mass is 35.5. The first-order chi connectivity index (χ1) is 24.9. The van der Waals surface area contributed by atoms with Crippen LogP contribution in [0.3, 0.4) is 0 Å². The van der Waals surface area contributed by atoms with Gasteiger partial charge in [0.2, 0.25) is 11.8 Å². The highest BCUT2D eigenvalue weighted by Crippen LogP contribution is 2.36. The fourth-order valence-electron chi connectivity index (χ4n) is 6.55. The van der Waals surface area contributed by atoms with E-state index in [4.69, 9.17) is 16.3 Å². The Labute approximate surface area is 309 Å². The van der Waals surface area contributed by atoms with Crippen LogP contribution in [-0.2, 0) is 32.6 Å². The molecule has 0 heterocycles. The van der Waals surface area contributed by atoms with Crippen molar-refractivity contribution in [2.45, 2.75) is 75.9 Å². The second kappa shape index (κ2) is 17.1. The monoisotopic (exact) mass is 746 g/mol. The fraction of sp³-hybridized carbons (Fsp3) is 0.333. The number of nitrogens with one attached hydrogen (secondary N) is 1. The van der Waals surface area contributed by atoms with Crippen molar-refractivity contribution in [1.29, 1.82) is 0 Å². The minimum absolute atomic E-state index is 0.00662. The number of ether oxygens (including phenoxy) is 1. The van der Waals surface area contributed by atoms with E-state index in [0.29, 0.717) is 0 Å². The van der Waals surface area contributed by atoms with E-state index in [1.165, 1.54) is 49.3 Å². The number of amides is 2. The molecule has 0 spiro atoms. The second-order valence-electron chi connectivity index (χ2n) is 13.1. The third-order valence-electron chi connectivity index (χ3n) is 9.31. The van der Waals surface area contributed by atoms with Crippen LogP contribution in [0.25, 0.3) is 0 Å². The van der Waals surface area contributed by atoms with Crippen LogP contribution in [0, 0.1) is 24.0 Å². The lowest BCUT2D eigenvalue weighted by Crippen LogP contribution is -2.55. The van der Waals surface area contributed by atoms with Crippen molar-refractivity contribution in [2.75, 3.05) is 18.0 Å². The molecule has 0 aromatic heterocycles. The normalized spacial score (nSPS) is 13.9. The minimum atomic E-state index is -4.67. The summed E-state index contributed by atoms with van der Waals surface area (Å²) in [6, 6.07) is 23.8. The number of nitro benzene ring substituents is 1. The van der Waals surface area contributed by atoms with Gasteiger partial charge in [0.25, 0.3) is 15.7 Å². The molecular weight excluding hydrogens is 704 g/mol. The van der Waals surface area contributed by atoms with Gasteiger partial charge in [-0.25, -0.2) is 8.42 Å². The van der Waals surface area contributed by atoms with Gasteiger partial charge in [0.15, 0.2) is 0 Å². The summed E-state index contributed by atoms with van der Waals surface area (Å²) in [4.78, 5) is 41.4. The molecule has 52 heavy (non-hydrogen) atoms. The molecule has 274 valence electrons. The molecule has 1 aliphatic rings. The average molecular weight is 747 g/mol. The largest absolute Gasteiger partial charge is 0.495 e. The van der Waals surface area contributed by atoms with Crippen LogP contribution in [0.2, 0.25) is 5.02 Å². The lowest BCUT2D eigenvalue weighted by atomic mass is 9.94. The lowest BCUT2D eigenvalue weighted by molar-refractivity contribution is -0.385. The van der Waals surface area contributed by atoms with Gasteiger partial charge in [0, 0.05) is 35.7 Å². The molecule has 5 rings (SSSR count). The summed E-state index contributed by atoms with van der Waals surface area (Å²) in [5, 5.41) is 15.2. The van der Waals surface area contributed by atoms with Crippen molar-refractivity contribution in [3.63, 3.8) is 0 Å². The van der Waals surface area contributed by atoms with Crippen LogP contribution >= 0.6 is 11.6 Å². The van der Waals surface area contributed by atoms with E-state index in [1.807, 2.05) is 61.5 Å². The van der Waals surface area contributed by atoms with E-state index in [1.54, 1.807) is 0 Å². The van der Waals surface area contributed by atoms with Gasteiger partial charge in [-0.1, -0.05) is 97.1 Å². The standard InChI is InChI=1S/C39H43ClN4O7S/c1-27-11-10-14-30(21-27)25-42(36(22-29-12-6-4-7-13-29)39(46)41-32-15-8-5-9-16-32)38(45)26-43(35-23-31(40)18-20-37(35)51-3)52(49,50)33-19-17-28(2)34(24-33)44(47)48/h4,6-7,10-14,17-21,23-24,32,36H,5,8-9,15-16,22,25-26H2,1-3H3,(H,41,46)/t36-/m0/s1. The van der Waals surface area contributed by atoms with Gasteiger partial charge in [0.05, 0.1) is 22.6 Å². The number of aryl methyl sites for hydroxylation is 2. The van der Waals surface area contributed by atoms with Crippen LogP contribution in [0.5, 0.6) is 5.75 Å². The van der Waals surface area contributed by atoms with Crippen LogP contribution < -0.4 is 14.4 Å². The SMILES string of the molecule is COc1ccc(Cl)cc1N(CC(=O)N(Cc1cccc(C)c1)[C@@H](Cc1ccccc1)C(=O)NC1CCCCC1)S(=O)(=O)c1ccc(C)c([N+](=O)[O-])c1. The molecular formula is C39H43ClN4O7S. The van der Waals surface area contributed by atoms with E-state index >= 15 is 0 Å². The Morgan fingerprint density at radius 2 is 1.65 bits per heavy atom. The number of methoxy groups -OCH3 is 1. The van der Waals surface area contributed by atoms with Crippen molar-refractivity contribution < 1.29 is 27.7 Å². The first-order valence-electron chi connectivity index (χ1n) is 17.2. The topological polar surface area (TPSA) is 139 Å². The van der Waals surface area contributed by atoms with Crippen molar-refractivity contribution in [3.8, 4) is 5.75 Å². The molecule has 13 heteroatoms. The number of nitro groups is 1. The number of rotatable bonds is 14. The van der Waals surface area contributed by atoms with Crippen LogP contribution in [-0.4, -0.2) is 55.8 Å². The fourth-order valence-corrected chi connectivity index (χ4v) is 8.15. The summed E-state index contributed by atoms with van der Waals surface area (Å²) in [5.41, 5.74) is 2.35. The zero-order valence-corrected chi connectivity index (χ0v) is 31.0. The smallest absolute Gasteiger partial charge is 0.273 e. The number of halogens is 1. The van der Waals surface area contributed by atoms with Crippen molar-refractivity contribution in [3.05, 3.63) is 128 Å². The quantitative estimate of drug-likeness (QED) is 0.107. The number of hydrogen-bond acceptors (Lipinski definition) is 7. The van der Waals surface area contributed by atoms with E-state index in [9.17, 15) is 28.1 Å². The molecule has 4 aromatic rings. The molecule has 0 unspecified atom stereocenters. The summed E-state index contributed by atoms with van der Waals surface area (Å²) >= 11 is 6.38. The third kappa shape index (κ3) is 9.29. The zero-order valence-electron chi connectivity index (χ0n) is 29.5. The minimum Gasteiger partial charge on any atom is -0.495 e. The molecule has 1 aliphatic carbocycles. The highest BCUT2D eigenvalue weighted by Gasteiger charge is 2.37. The number of carbonyl (C=O) groups excluding carboxylic acids is 2. The Morgan fingerprint density at radius 1 is 0.942 bits per heavy atom. The summed E-state index contributed by atoms with van der Waals surface area (Å²) in [6.07, 6.45) is 4.92. The van der Waals surface area contributed by atoms with Gasteiger partial charge in [-0.05, 0) is 62.1 Å². The van der Waals surface area contributed by atoms with Gasteiger partial charge >= 0.3 is 0 Å². The Kier molecular flexibility index (Phi) is 12.6. The Morgan fingerprint density at radius 3 is 2.33 bits per heavy atom. The molecule has 11 nitrogen and oxygen atoms in total. The van der Waals surface area contributed by atoms with E-state index in [2.05, 4.69) is 5.32 Å². The lowest BCUT2D eigenvalue weighted by Gasteiger charge is -2.35. The highest BCUT2D eigenvalue weighted by molar-refractivity contribution is 7.92. The predicted octanol–water partition coefficient (Wildman–Crippen LogP) is 7.16. The van der Waals surface area contributed by atoms with Crippen LogP contribution in [0.1, 0.15) is 54.4 Å². The van der Waals surface area contributed by atoms with Crippen molar-refractivity contribution in [1.82, 2.24) is 10.2 Å². The maximum atomic E-state index is 14.9. The first-order valence-corrected chi connectivity index (χ1v) is 19.0. The van der Waals surface area contributed by atoms with E-state index in [0.717, 1.165) is 59.2 Å². The second-order valence-corrected chi connectivity index (χ2v) is 15.4. The van der Waals surface area contributed by atoms with Crippen LogP contribution in [0.4, 0.5) is 11.4 Å². The molecule has 1 atom stereocenters. The molecule has 0 saturated heterocycles. The molecule has 0 bridgehead atoms. The molecule has 1 N–H and O–H groups in total. The number of nitrogens with zero attached hydrogens (tertiary/aromatic N) is 3. The maximum absolute atomic E-state index is 14.9. The number of benzene rings is 4. The number of hydrogen-bond donors (Lipinski definition) is 1. The van der Waals surface area contributed by atoms with Gasteiger partial charge in [-0.2, -0.15) is 0 Å². The third-order valence-corrected chi connectivity index (χ3v) is 11.3. The van der Waals surface area contributed by atoms with Crippen molar-refractivity contribution >= 4 is 44.8 Å². The Balaban J connectivity index is 1.63. The molecule has 0 aliphatic heterocycles. The number of anilines is 1. The summed E-state index contributed by atoms with van der Waals surface area (Å²) < 4.78 is 35.5. The first kappa shape index (κ1) is 38.3. The number of carbonyl (C=O) groups is 2. The van der Waals surface area contributed by atoms with Gasteiger partial charge in [-0.15, -0.1) is 0 Å². The molecule has 4 aromatic carbocycles. The molecule has 0 radical (unpaired) electrons. The maximum Gasteiger partial charge on any atom is 0.273 e. The van der Waals surface area contributed by atoms with Gasteiger partial charge in [0.1, 0.15) is 18.3 Å². The molecule has 2 amide bonds. The molecule has 1 saturated carbocycles.